The lowest BCUT2D eigenvalue weighted by Gasteiger charge is -2.38. The molecule has 53 heavy (non-hydrogen) atoms. The number of rotatable bonds is 15. The number of hydrogen-bond acceptors (Lipinski definition) is 8. The highest BCUT2D eigenvalue weighted by atomic mass is 16.2. The lowest BCUT2D eigenvalue weighted by Crippen LogP contribution is -2.62. The highest BCUT2D eigenvalue weighted by molar-refractivity contribution is 6.38. The Bertz CT molecular complexity index is 1600. The van der Waals surface area contributed by atoms with Crippen LogP contribution in [0.15, 0.2) is 48.9 Å². The Balaban J connectivity index is 1.40. The molecule has 13 heteroatoms. The monoisotopic (exact) mass is 729 g/mol. The number of hydrogen-bond donors (Lipinski definition) is 4. The third-order valence-corrected chi connectivity index (χ3v) is 10.6. The first-order valence-electron chi connectivity index (χ1n) is 19.2. The van der Waals surface area contributed by atoms with Crippen molar-refractivity contribution in [2.75, 3.05) is 6.54 Å². The third kappa shape index (κ3) is 10.5. The first-order valence-corrected chi connectivity index (χ1v) is 19.2. The van der Waals surface area contributed by atoms with E-state index in [1.165, 1.54) is 23.5 Å². The van der Waals surface area contributed by atoms with E-state index in [4.69, 9.17) is 0 Å². The van der Waals surface area contributed by atoms with Gasteiger partial charge in [0.2, 0.25) is 23.5 Å². The van der Waals surface area contributed by atoms with Crippen molar-refractivity contribution in [3.8, 4) is 0 Å². The van der Waals surface area contributed by atoms with Gasteiger partial charge in [0, 0.05) is 25.0 Å². The van der Waals surface area contributed by atoms with E-state index in [2.05, 4.69) is 31.2 Å². The Morgan fingerprint density at radius 1 is 0.887 bits per heavy atom. The minimum absolute atomic E-state index is 0.00906. The number of amides is 5. The molecule has 3 fully saturated rings. The first kappa shape index (κ1) is 39.5. The SMILES string of the molecule is CCC[C@H](NC(=O)[C@@H]1[C@@H](Cc2ccccc2)CCN1C(=O)[C@H](NC(=O)[C@H](NC(=O)c1cnccn1)C1CCCCC1)C(C)(C)C)C(=O)C(=O)NC1CC1. The van der Waals surface area contributed by atoms with Crippen LogP contribution in [-0.2, 0) is 30.4 Å². The number of carbonyl (C=O) groups is 6. The fraction of sp³-hybridized carbons (Fsp3) is 0.600. The van der Waals surface area contributed by atoms with Crippen molar-refractivity contribution in [1.82, 2.24) is 36.1 Å². The Kier molecular flexibility index (Phi) is 13.3. The average Bonchev–Trinajstić information content (AvgIpc) is 3.87. The molecule has 1 aromatic heterocycles. The maximum absolute atomic E-state index is 14.8. The largest absolute Gasteiger partial charge is 0.347 e. The number of nitrogens with zero attached hydrogens (tertiary/aromatic N) is 3. The van der Waals surface area contributed by atoms with Gasteiger partial charge in [-0.15, -0.1) is 0 Å². The molecule has 5 amide bonds. The topological polar surface area (TPSA) is 180 Å². The van der Waals surface area contributed by atoms with Crippen LogP contribution in [0.5, 0.6) is 0 Å². The molecule has 1 aliphatic heterocycles. The number of Topliss-reactive ketones (excluding diaryl/α,β-unsaturated/α-hetero) is 1. The van der Waals surface area contributed by atoms with E-state index < -0.39 is 64.9 Å². The standard InChI is InChI=1S/C40H55N7O6/c1-5-12-29(33(48)38(52)43-28-17-18-28)44-37(51)32-27(23-25-13-8-6-9-14-25)19-22-47(32)39(53)34(40(2,3)4)46-36(50)31(26-15-10-7-11-16-26)45-35(49)30-24-41-20-21-42-30/h6,8-9,13-14,20-21,24,26-29,31-32,34H,5,7,10-12,15-19,22-23H2,1-4H3,(H,43,52)(H,44,51)(H,45,49)(H,46,50)/t27-,29+,31-,32+,34+/m1/s1. The Hall–Kier alpha value is -4.68. The minimum atomic E-state index is -1.04. The number of likely N-dealkylation sites (tertiary alicyclic amines) is 1. The second kappa shape index (κ2) is 17.9. The molecule has 2 saturated carbocycles. The molecule has 5 atom stereocenters. The van der Waals surface area contributed by atoms with Gasteiger partial charge in [-0.1, -0.05) is 83.7 Å². The highest BCUT2D eigenvalue weighted by Gasteiger charge is 2.47. The van der Waals surface area contributed by atoms with Crippen LogP contribution in [0, 0.1) is 17.3 Å². The number of carbonyl (C=O) groups excluding carboxylic acids is 6. The molecule has 286 valence electrons. The second-order valence-corrected chi connectivity index (χ2v) is 15.9. The second-order valence-electron chi connectivity index (χ2n) is 15.9. The van der Waals surface area contributed by atoms with E-state index in [0.717, 1.165) is 50.5 Å². The van der Waals surface area contributed by atoms with Crippen molar-refractivity contribution < 1.29 is 28.8 Å². The van der Waals surface area contributed by atoms with E-state index in [9.17, 15) is 28.8 Å². The smallest absolute Gasteiger partial charge is 0.289 e. The van der Waals surface area contributed by atoms with Crippen LogP contribution in [0.3, 0.4) is 0 Å². The van der Waals surface area contributed by atoms with E-state index in [1.807, 2.05) is 58.0 Å². The molecule has 5 rings (SSSR count). The molecule has 13 nitrogen and oxygen atoms in total. The first-order chi connectivity index (χ1) is 25.4. The summed E-state index contributed by atoms with van der Waals surface area (Å²) in [5.74, 6) is -3.74. The van der Waals surface area contributed by atoms with Gasteiger partial charge in [0.05, 0.1) is 12.2 Å². The summed E-state index contributed by atoms with van der Waals surface area (Å²) in [6, 6.07) is 5.77. The molecule has 0 unspecified atom stereocenters. The van der Waals surface area contributed by atoms with Crippen molar-refractivity contribution >= 4 is 35.3 Å². The number of aromatic nitrogens is 2. The van der Waals surface area contributed by atoms with Crippen LogP contribution in [0.25, 0.3) is 0 Å². The van der Waals surface area contributed by atoms with Gasteiger partial charge in [0.25, 0.3) is 11.8 Å². The summed E-state index contributed by atoms with van der Waals surface area (Å²) in [5, 5.41) is 11.5. The fourth-order valence-electron chi connectivity index (χ4n) is 7.59. The number of ketones is 1. The van der Waals surface area contributed by atoms with E-state index >= 15 is 0 Å². The molecular weight excluding hydrogens is 674 g/mol. The molecule has 4 N–H and O–H groups in total. The minimum Gasteiger partial charge on any atom is -0.347 e. The maximum Gasteiger partial charge on any atom is 0.289 e. The van der Waals surface area contributed by atoms with Gasteiger partial charge in [-0.05, 0) is 67.8 Å². The predicted molar refractivity (Wildman–Crippen MR) is 198 cm³/mol. The van der Waals surface area contributed by atoms with Crippen LogP contribution in [-0.4, -0.2) is 86.9 Å². The van der Waals surface area contributed by atoms with Crippen LogP contribution in [0.4, 0.5) is 0 Å². The van der Waals surface area contributed by atoms with Gasteiger partial charge in [0.1, 0.15) is 23.8 Å². The fourth-order valence-corrected chi connectivity index (χ4v) is 7.59. The molecule has 2 aromatic rings. The number of benzene rings is 1. The van der Waals surface area contributed by atoms with Crippen molar-refractivity contribution in [3.63, 3.8) is 0 Å². The molecule has 0 radical (unpaired) electrons. The number of nitrogens with one attached hydrogen (secondary N) is 4. The summed E-state index contributed by atoms with van der Waals surface area (Å²) in [5.41, 5.74) is 0.313. The zero-order valence-electron chi connectivity index (χ0n) is 31.4. The average molecular weight is 730 g/mol. The third-order valence-electron chi connectivity index (χ3n) is 10.6. The molecule has 0 bridgehead atoms. The molecule has 1 aromatic carbocycles. The van der Waals surface area contributed by atoms with Crippen LogP contribution in [0.1, 0.15) is 108 Å². The van der Waals surface area contributed by atoms with E-state index in [-0.39, 0.29) is 36.5 Å². The molecule has 2 aliphatic carbocycles. The van der Waals surface area contributed by atoms with Gasteiger partial charge in [-0.25, -0.2) is 4.98 Å². The van der Waals surface area contributed by atoms with Crippen LogP contribution < -0.4 is 21.3 Å². The predicted octanol–water partition coefficient (Wildman–Crippen LogP) is 3.28. The molecule has 2 heterocycles. The normalized spacial score (nSPS) is 20.8. The van der Waals surface area contributed by atoms with Crippen molar-refractivity contribution in [2.45, 2.75) is 129 Å². The van der Waals surface area contributed by atoms with Gasteiger partial charge in [-0.2, -0.15) is 0 Å². The van der Waals surface area contributed by atoms with Crippen LogP contribution in [0.2, 0.25) is 0 Å². The zero-order chi connectivity index (χ0) is 38.1. The van der Waals surface area contributed by atoms with Crippen molar-refractivity contribution in [2.24, 2.45) is 17.3 Å². The summed E-state index contributed by atoms with van der Waals surface area (Å²) < 4.78 is 0. The quantitative estimate of drug-likeness (QED) is 0.202. The van der Waals surface area contributed by atoms with Gasteiger partial charge in [0.15, 0.2) is 0 Å². The summed E-state index contributed by atoms with van der Waals surface area (Å²) in [7, 11) is 0. The highest BCUT2D eigenvalue weighted by Crippen LogP contribution is 2.33. The lowest BCUT2D eigenvalue weighted by molar-refractivity contribution is -0.146. The van der Waals surface area contributed by atoms with Gasteiger partial charge in [-0.3, -0.25) is 33.8 Å². The summed E-state index contributed by atoms with van der Waals surface area (Å²) >= 11 is 0. The Morgan fingerprint density at radius 3 is 2.23 bits per heavy atom. The van der Waals surface area contributed by atoms with Crippen molar-refractivity contribution in [3.05, 3.63) is 60.2 Å². The van der Waals surface area contributed by atoms with Crippen LogP contribution >= 0.6 is 0 Å². The maximum atomic E-state index is 14.8. The molecule has 0 spiro atoms. The van der Waals surface area contributed by atoms with Crippen molar-refractivity contribution in [1.29, 1.82) is 0 Å². The summed E-state index contributed by atoms with van der Waals surface area (Å²) in [4.78, 5) is 92.2. The lowest BCUT2D eigenvalue weighted by atomic mass is 9.82. The molecule has 1 saturated heterocycles. The van der Waals surface area contributed by atoms with E-state index in [1.54, 1.807) is 0 Å². The van der Waals surface area contributed by atoms with E-state index in [0.29, 0.717) is 19.3 Å². The van der Waals surface area contributed by atoms with Gasteiger partial charge < -0.3 is 26.2 Å². The zero-order valence-corrected chi connectivity index (χ0v) is 31.4. The summed E-state index contributed by atoms with van der Waals surface area (Å²) in [6.45, 7) is 7.70. The Morgan fingerprint density at radius 2 is 1.60 bits per heavy atom. The molecule has 3 aliphatic rings. The Labute approximate surface area is 312 Å². The van der Waals surface area contributed by atoms with Gasteiger partial charge >= 0.3 is 0 Å². The summed E-state index contributed by atoms with van der Waals surface area (Å²) in [6.07, 6.45) is 12.1. The molecular formula is C40H55N7O6.